The van der Waals surface area contributed by atoms with Crippen LogP contribution in [0.25, 0.3) is 0 Å². The van der Waals surface area contributed by atoms with Crippen molar-refractivity contribution < 1.29 is 29.2 Å². The summed E-state index contributed by atoms with van der Waals surface area (Å²) >= 11 is 0. The smallest absolute Gasteiger partial charge is 0.172 e. The van der Waals surface area contributed by atoms with Gasteiger partial charge in [-0.1, -0.05) is 12.1 Å². The molecule has 1 saturated heterocycles. The molecule has 2 atom stereocenters. The van der Waals surface area contributed by atoms with E-state index in [4.69, 9.17) is 25.8 Å². The van der Waals surface area contributed by atoms with Gasteiger partial charge in [-0.05, 0) is 62.9 Å². The van der Waals surface area contributed by atoms with Gasteiger partial charge >= 0.3 is 0 Å². The van der Waals surface area contributed by atoms with E-state index < -0.39 is 5.79 Å². The minimum atomic E-state index is -1.50. The summed E-state index contributed by atoms with van der Waals surface area (Å²) in [6, 6.07) is 10.1. The lowest BCUT2D eigenvalue weighted by Gasteiger charge is -2.10. The van der Waals surface area contributed by atoms with Crippen LogP contribution in [-0.2, 0) is 16.0 Å². The van der Waals surface area contributed by atoms with Gasteiger partial charge in [0.05, 0.1) is 30.8 Å². The number of aliphatic hydroxyl groups is 3. The summed E-state index contributed by atoms with van der Waals surface area (Å²) in [6.45, 7) is 2.67. The van der Waals surface area contributed by atoms with E-state index in [1.807, 2.05) is 12.1 Å². The van der Waals surface area contributed by atoms with Crippen LogP contribution in [0.15, 0.2) is 46.4 Å². The SMILES string of the molecule is CC(C)(O)O.CN=C(N=CN)c1ccc(C2CCC(CO)O2)[nH]1.O=CCCc1ccc(F)cc1. The fourth-order valence-electron chi connectivity index (χ4n) is 2.99. The van der Waals surface area contributed by atoms with Gasteiger partial charge in [-0.3, -0.25) is 4.99 Å². The van der Waals surface area contributed by atoms with E-state index in [1.165, 1.54) is 32.3 Å². The van der Waals surface area contributed by atoms with Gasteiger partial charge in [-0.15, -0.1) is 0 Å². The second-order valence-electron chi connectivity index (χ2n) is 7.99. The van der Waals surface area contributed by atoms with E-state index in [0.717, 1.165) is 36.1 Å². The molecule has 2 unspecified atom stereocenters. The summed E-state index contributed by atoms with van der Waals surface area (Å²) in [4.78, 5) is 21.2. The molecule has 10 heteroatoms. The first-order valence-electron chi connectivity index (χ1n) is 10.9. The average molecular weight is 479 g/mol. The predicted octanol–water partition coefficient (Wildman–Crippen LogP) is 2.25. The number of ether oxygens (including phenoxy) is 1. The predicted molar refractivity (Wildman–Crippen MR) is 129 cm³/mol. The van der Waals surface area contributed by atoms with Gasteiger partial charge in [0.25, 0.3) is 0 Å². The van der Waals surface area contributed by atoms with Gasteiger partial charge in [0.1, 0.15) is 12.1 Å². The zero-order valence-electron chi connectivity index (χ0n) is 19.8. The molecule has 1 aromatic heterocycles. The van der Waals surface area contributed by atoms with Crippen LogP contribution >= 0.6 is 0 Å². The molecule has 0 aliphatic carbocycles. The van der Waals surface area contributed by atoms with Crippen molar-refractivity contribution >= 4 is 18.5 Å². The van der Waals surface area contributed by atoms with E-state index in [-0.39, 0.29) is 24.6 Å². The Balaban J connectivity index is 0.000000307. The van der Waals surface area contributed by atoms with Crippen LogP contribution < -0.4 is 5.73 Å². The molecule has 6 N–H and O–H groups in total. The van der Waals surface area contributed by atoms with Crippen molar-refractivity contribution in [1.82, 2.24) is 4.98 Å². The molecule has 2 heterocycles. The van der Waals surface area contributed by atoms with Gasteiger partial charge < -0.3 is 35.6 Å². The highest BCUT2D eigenvalue weighted by atomic mass is 19.1. The molecule has 1 aromatic carbocycles. The van der Waals surface area contributed by atoms with Crippen molar-refractivity contribution in [2.45, 2.75) is 57.5 Å². The molecule has 2 aromatic rings. The molecule has 9 nitrogen and oxygen atoms in total. The van der Waals surface area contributed by atoms with Crippen LogP contribution in [0.2, 0.25) is 0 Å². The number of aromatic nitrogens is 1. The van der Waals surface area contributed by atoms with E-state index in [0.29, 0.717) is 18.7 Å². The van der Waals surface area contributed by atoms with Gasteiger partial charge in [0.15, 0.2) is 11.6 Å². The molecule has 0 bridgehead atoms. The van der Waals surface area contributed by atoms with Gasteiger partial charge in [0, 0.05) is 19.2 Å². The number of hydrogen-bond donors (Lipinski definition) is 5. The monoisotopic (exact) mass is 478 g/mol. The molecule has 0 radical (unpaired) electrons. The highest BCUT2D eigenvalue weighted by Crippen LogP contribution is 2.31. The van der Waals surface area contributed by atoms with Crippen molar-refractivity contribution in [2.24, 2.45) is 15.7 Å². The second kappa shape index (κ2) is 15.1. The third kappa shape index (κ3) is 11.8. The summed E-state index contributed by atoms with van der Waals surface area (Å²) in [5, 5.41) is 25.2. The highest BCUT2D eigenvalue weighted by molar-refractivity contribution is 6.01. The number of aliphatic hydroxyl groups excluding tert-OH is 1. The molecule has 1 aliphatic rings. The lowest BCUT2D eigenvalue weighted by atomic mass is 10.1. The molecule has 188 valence electrons. The van der Waals surface area contributed by atoms with E-state index in [2.05, 4.69) is 15.0 Å². The number of amidine groups is 1. The largest absolute Gasteiger partial charge is 0.394 e. The van der Waals surface area contributed by atoms with Gasteiger partial charge in [0.2, 0.25) is 0 Å². The number of nitrogens with two attached hydrogens (primary N) is 1. The second-order valence-corrected chi connectivity index (χ2v) is 7.99. The Hall–Kier alpha value is -2.92. The third-order valence-electron chi connectivity index (χ3n) is 4.48. The number of nitrogens with one attached hydrogen (secondary N) is 1. The number of hydrogen-bond acceptors (Lipinski definition) is 6. The first kappa shape index (κ1) is 29.1. The number of rotatable bonds is 6. The number of aryl methyl sites for hydroxylation is 1. The Morgan fingerprint density at radius 2 is 1.88 bits per heavy atom. The molecule has 1 aliphatic heterocycles. The van der Waals surface area contributed by atoms with Crippen LogP contribution in [0.5, 0.6) is 0 Å². The van der Waals surface area contributed by atoms with Crippen molar-refractivity contribution in [2.75, 3.05) is 13.7 Å². The van der Waals surface area contributed by atoms with E-state index in [1.54, 1.807) is 19.2 Å². The molecule has 0 saturated carbocycles. The zero-order valence-corrected chi connectivity index (χ0v) is 19.8. The molecular weight excluding hydrogens is 443 g/mol. The fourth-order valence-corrected chi connectivity index (χ4v) is 2.99. The summed E-state index contributed by atoms with van der Waals surface area (Å²) in [7, 11) is 1.66. The summed E-state index contributed by atoms with van der Waals surface area (Å²) in [5.41, 5.74) is 8.06. The molecule has 34 heavy (non-hydrogen) atoms. The van der Waals surface area contributed by atoms with Crippen LogP contribution in [0.3, 0.4) is 0 Å². The van der Waals surface area contributed by atoms with Crippen LogP contribution in [0, 0.1) is 5.82 Å². The maximum atomic E-state index is 12.3. The Bertz CT molecular complexity index is 901. The number of nitrogens with zero attached hydrogens (tertiary/aromatic N) is 2. The van der Waals surface area contributed by atoms with Crippen molar-refractivity contribution in [3.63, 3.8) is 0 Å². The molecular formula is C24H35FN4O5. The number of halogens is 1. The number of aliphatic imine (C=N–C) groups is 2. The lowest BCUT2D eigenvalue weighted by molar-refractivity contribution is -0.127. The Morgan fingerprint density at radius 1 is 1.24 bits per heavy atom. The van der Waals surface area contributed by atoms with Gasteiger partial charge in [-0.25, -0.2) is 9.38 Å². The van der Waals surface area contributed by atoms with Gasteiger partial charge in [-0.2, -0.15) is 0 Å². The number of aldehydes is 1. The maximum Gasteiger partial charge on any atom is 0.172 e. The lowest BCUT2D eigenvalue weighted by Crippen LogP contribution is -2.15. The first-order valence-corrected chi connectivity index (χ1v) is 10.9. The topological polar surface area (TPSA) is 154 Å². The van der Waals surface area contributed by atoms with E-state index >= 15 is 0 Å². The van der Waals surface area contributed by atoms with Crippen LogP contribution in [-0.4, -0.2) is 64.3 Å². The summed E-state index contributed by atoms with van der Waals surface area (Å²) in [5.74, 6) is -1.18. The third-order valence-corrected chi connectivity index (χ3v) is 4.48. The minimum absolute atomic E-state index is 0.0101. The average Bonchev–Trinajstić information content (AvgIpc) is 3.46. The zero-order chi connectivity index (χ0) is 25.6. The number of aromatic amines is 1. The highest BCUT2D eigenvalue weighted by Gasteiger charge is 2.27. The summed E-state index contributed by atoms with van der Waals surface area (Å²) in [6.07, 6.45) is 5.03. The molecule has 0 spiro atoms. The van der Waals surface area contributed by atoms with Crippen LogP contribution in [0.1, 0.15) is 56.2 Å². The Labute approximate surface area is 199 Å². The standard InChI is InChI=1S/C12H18N4O2.C9H9FO.C3H8O2/c1-14-12(15-7-13)10-4-3-9(16-10)11-5-2-8(6-17)18-11;10-9-5-3-8(4-6-9)2-1-7-11;1-3(2,4)5/h3-4,7-8,11,16-17H,2,5-6H2,1H3,(H2,13,14,15);3-7H,1-2H2;4-5H,1-2H3. The number of carbonyl (C=O) groups excluding carboxylic acids is 1. The van der Waals surface area contributed by atoms with Crippen molar-refractivity contribution in [3.8, 4) is 0 Å². The van der Waals surface area contributed by atoms with Crippen LogP contribution in [0.4, 0.5) is 4.39 Å². The number of H-pyrrole nitrogens is 1. The number of benzene rings is 1. The number of carbonyl (C=O) groups is 1. The fraction of sp³-hybridized carbons (Fsp3) is 0.458. The summed E-state index contributed by atoms with van der Waals surface area (Å²) < 4.78 is 18.0. The first-order chi connectivity index (χ1) is 16.1. The maximum absolute atomic E-state index is 12.3. The quantitative estimate of drug-likeness (QED) is 0.186. The Morgan fingerprint density at radius 3 is 2.38 bits per heavy atom. The molecule has 0 amide bonds. The molecule has 3 rings (SSSR count). The van der Waals surface area contributed by atoms with Crippen molar-refractivity contribution in [3.05, 3.63) is 59.2 Å². The Kier molecular flexibility index (Phi) is 12.9. The molecule has 1 fully saturated rings. The van der Waals surface area contributed by atoms with Crippen molar-refractivity contribution in [1.29, 1.82) is 0 Å². The normalized spacial score (nSPS) is 18.1. The minimum Gasteiger partial charge on any atom is -0.394 e. The van der Waals surface area contributed by atoms with E-state index in [9.17, 15) is 9.18 Å².